The average Bonchev–Trinajstić information content (AvgIpc) is 2.48. The second-order valence-corrected chi connectivity index (χ2v) is 5.00. The van der Waals surface area contributed by atoms with E-state index in [1.54, 1.807) is 38.2 Å². The Bertz CT molecular complexity index is 678. The summed E-state index contributed by atoms with van der Waals surface area (Å²) in [4.78, 5) is 17.4. The van der Waals surface area contributed by atoms with Crippen LogP contribution >= 0.6 is 11.6 Å². The molecule has 1 aromatic carbocycles. The Labute approximate surface area is 126 Å². The molecule has 2 aromatic rings. The summed E-state index contributed by atoms with van der Waals surface area (Å²) in [6.07, 6.45) is 0.950. The number of hydrogen-bond donors (Lipinski definition) is 1. The maximum absolute atomic E-state index is 13.2. The molecule has 1 N–H and O–H groups in total. The molecule has 0 spiro atoms. The summed E-state index contributed by atoms with van der Waals surface area (Å²) in [5, 5.41) is 9.79. The molecule has 0 aliphatic heterocycles. The number of rotatable bonds is 3. The lowest BCUT2D eigenvalue weighted by atomic mass is 10.1. The van der Waals surface area contributed by atoms with Crippen molar-refractivity contribution in [2.75, 3.05) is 7.05 Å². The number of halogens is 2. The first kappa shape index (κ1) is 15.3. The largest absolute Gasteiger partial charge is 0.508 e. The number of pyridine rings is 1. The minimum Gasteiger partial charge on any atom is -0.508 e. The Morgan fingerprint density at radius 3 is 2.76 bits per heavy atom. The van der Waals surface area contributed by atoms with Crippen LogP contribution in [0.5, 0.6) is 5.75 Å². The molecule has 1 unspecified atom stereocenters. The normalized spacial score (nSPS) is 12.0. The van der Waals surface area contributed by atoms with Gasteiger partial charge >= 0.3 is 0 Å². The lowest BCUT2D eigenvalue weighted by molar-refractivity contribution is 0.0740. The zero-order valence-electron chi connectivity index (χ0n) is 11.5. The minimum atomic E-state index is -0.633. The van der Waals surface area contributed by atoms with Crippen molar-refractivity contribution in [3.05, 3.63) is 58.6 Å². The number of carbonyl (C=O) groups excluding carboxylic acids is 1. The van der Waals surface area contributed by atoms with Gasteiger partial charge in [0.15, 0.2) is 0 Å². The van der Waals surface area contributed by atoms with Crippen LogP contribution in [0.2, 0.25) is 5.15 Å². The highest BCUT2D eigenvalue weighted by molar-refractivity contribution is 6.32. The number of aromatic hydroxyl groups is 1. The average molecular weight is 309 g/mol. The third-order valence-corrected chi connectivity index (χ3v) is 3.63. The first-order chi connectivity index (χ1) is 9.91. The van der Waals surface area contributed by atoms with Crippen LogP contribution in [0.1, 0.15) is 28.9 Å². The summed E-state index contributed by atoms with van der Waals surface area (Å²) in [5.74, 6) is -1.01. The second-order valence-electron chi connectivity index (χ2n) is 4.64. The van der Waals surface area contributed by atoms with E-state index >= 15 is 0 Å². The molecular weight excluding hydrogens is 295 g/mol. The number of nitrogens with zero attached hydrogens (tertiary/aromatic N) is 2. The van der Waals surface area contributed by atoms with E-state index in [1.807, 2.05) is 0 Å². The molecule has 1 aromatic heterocycles. The van der Waals surface area contributed by atoms with Gasteiger partial charge in [-0.05, 0) is 19.1 Å². The van der Waals surface area contributed by atoms with Crippen LogP contribution in [0, 0.1) is 5.82 Å². The van der Waals surface area contributed by atoms with Gasteiger partial charge in [0.25, 0.3) is 5.91 Å². The molecule has 4 nitrogen and oxygen atoms in total. The van der Waals surface area contributed by atoms with E-state index in [0.29, 0.717) is 5.56 Å². The predicted octanol–water partition coefficient (Wildman–Crippen LogP) is 3.41. The highest BCUT2D eigenvalue weighted by Gasteiger charge is 2.23. The van der Waals surface area contributed by atoms with Crippen molar-refractivity contribution in [2.24, 2.45) is 0 Å². The fourth-order valence-electron chi connectivity index (χ4n) is 1.99. The first-order valence-corrected chi connectivity index (χ1v) is 6.65. The van der Waals surface area contributed by atoms with Gasteiger partial charge in [-0.25, -0.2) is 9.37 Å². The van der Waals surface area contributed by atoms with Crippen LogP contribution in [-0.4, -0.2) is 27.9 Å². The molecular formula is C15H14ClFN2O2. The van der Waals surface area contributed by atoms with E-state index in [9.17, 15) is 14.3 Å². The van der Waals surface area contributed by atoms with E-state index in [4.69, 9.17) is 11.6 Å². The van der Waals surface area contributed by atoms with Gasteiger partial charge in [0, 0.05) is 12.6 Å². The van der Waals surface area contributed by atoms with Crippen molar-refractivity contribution in [1.29, 1.82) is 0 Å². The Morgan fingerprint density at radius 1 is 1.43 bits per heavy atom. The van der Waals surface area contributed by atoms with Crippen molar-refractivity contribution < 1.29 is 14.3 Å². The third kappa shape index (κ3) is 3.13. The lowest BCUT2D eigenvalue weighted by Crippen LogP contribution is -2.30. The summed E-state index contributed by atoms with van der Waals surface area (Å²) < 4.78 is 13.2. The molecule has 0 fully saturated rings. The Hall–Kier alpha value is -2.14. The van der Waals surface area contributed by atoms with Crippen molar-refractivity contribution in [3.8, 4) is 5.75 Å². The monoisotopic (exact) mass is 308 g/mol. The van der Waals surface area contributed by atoms with Gasteiger partial charge in [-0.2, -0.15) is 0 Å². The van der Waals surface area contributed by atoms with Crippen LogP contribution in [-0.2, 0) is 0 Å². The van der Waals surface area contributed by atoms with E-state index in [2.05, 4.69) is 4.98 Å². The summed E-state index contributed by atoms with van der Waals surface area (Å²) in [6, 6.07) is 7.36. The maximum atomic E-state index is 13.2. The highest BCUT2D eigenvalue weighted by atomic mass is 35.5. The Morgan fingerprint density at radius 2 is 2.10 bits per heavy atom. The van der Waals surface area contributed by atoms with Crippen molar-refractivity contribution in [3.63, 3.8) is 0 Å². The van der Waals surface area contributed by atoms with Crippen molar-refractivity contribution in [2.45, 2.75) is 13.0 Å². The lowest BCUT2D eigenvalue weighted by Gasteiger charge is -2.26. The SMILES string of the molecule is CC(c1ccccc1O)N(C)C(=O)c1cc(F)cnc1Cl. The molecule has 1 atom stereocenters. The number of carbonyl (C=O) groups is 1. The van der Waals surface area contributed by atoms with Gasteiger partial charge in [-0.3, -0.25) is 4.79 Å². The molecule has 0 aliphatic rings. The van der Waals surface area contributed by atoms with E-state index < -0.39 is 17.8 Å². The minimum absolute atomic E-state index is 0.0126. The van der Waals surface area contributed by atoms with Crippen LogP contribution in [0.25, 0.3) is 0 Å². The molecule has 0 bridgehead atoms. The quantitative estimate of drug-likeness (QED) is 0.884. The molecule has 1 heterocycles. The van der Waals surface area contributed by atoms with Gasteiger partial charge < -0.3 is 10.0 Å². The molecule has 0 saturated carbocycles. The summed E-state index contributed by atoms with van der Waals surface area (Å²) in [7, 11) is 1.56. The summed E-state index contributed by atoms with van der Waals surface area (Å²) in [6.45, 7) is 1.76. The Kier molecular flexibility index (Phi) is 4.43. The fraction of sp³-hybridized carbons (Fsp3) is 0.200. The molecule has 21 heavy (non-hydrogen) atoms. The number of hydrogen-bond acceptors (Lipinski definition) is 3. The summed E-state index contributed by atoms with van der Waals surface area (Å²) in [5.41, 5.74) is 0.579. The molecule has 0 saturated heterocycles. The number of amides is 1. The van der Waals surface area contributed by atoms with E-state index in [0.717, 1.165) is 12.3 Å². The number of benzene rings is 1. The number of aromatic nitrogens is 1. The standard InChI is InChI=1S/C15H14ClFN2O2/c1-9(11-5-3-4-6-13(11)20)19(2)15(21)12-7-10(17)8-18-14(12)16/h3-9,20H,1-2H3. The molecule has 110 valence electrons. The first-order valence-electron chi connectivity index (χ1n) is 6.28. The molecule has 0 radical (unpaired) electrons. The number of phenols is 1. The number of phenolic OH excluding ortho intramolecular Hbond substituents is 1. The predicted molar refractivity (Wildman–Crippen MR) is 77.8 cm³/mol. The van der Waals surface area contributed by atoms with Crippen LogP contribution in [0.3, 0.4) is 0 Å². The van der Waals surface area contributed by atoms with Crippen molar-refractivity contribution in [1.82, 2.24) is 9.88 Å². The zero-order valence-corrected chi connectivity index (χ0v) is 12.3. The molecule has 2 rings (SSSR count). The Balaban J connectivity index is 2.31. The van der Waals surface area contributed by atoms with Crippen LogP contribution in [0.4, 0.5) is 4.39 Å². The topological polar surface area (TPSA) is 53.4 Å². The summed E-state index contributed by atoms with van der Waals surface area (Å²) >= 11 is 5.84. The third-order valence-electron chi connectivity index (χ3n) is 3.32. The molecule has 0 aliphatic carbocycles. The highest BCUT2D eigenvalue weighted by Crippen LogP contribution is 2.28. The molecule has 6 heteroatoms. The van der Waals surface area contributed by atoms with Crippen LogP contribution < -0.4 is 0 Å². The van der Waals surface area contributed by atoms with Gasteiger partial charge in [0.2, 0.25) is 0 Å². The van der Waals surface area contributed by atoms with Crippen molar-refractivity contribution >= 4 is 17.5 Å². The van der Waals surface area contributed by atoms with Gasteiger partial charge in [-0.1, -0.05) is 29.8 Å². The van der Waals surface area contributed by atoms with Gasteiger partial charge in [0.05, 0.1) is 17.8 Å². The van der Waals surface area contributed by atoms with E-state index in [1.165, 1.54) is 4.90 Å². The maximum Gasteiger partial charge on any atom is 0.257 e. The van der Waals surface area contributed by atoms with E-state index in [-0.39, 0.29) is 16.5 Å². The fourth-order valence-corrected chi connectivity index (χ4v) is 2.17. The van der Waals surface area contributed by atoms with Gasteiger partial charge in [0.1, 0.15) is 16.7 Å². The smallest absolute Gasteiger partial charge is 0.257 e. The zero-order chi connectivity index (χ0) is 15.6. The second kappa shape index (κ2) is 6.10. The van der Waals surface area contributed by atoms with Gasteiger partial charge in [-0.15, -0.1) is 0 Å². The van der Waals surface area contributed by atoms with Crippen LogP contribution in [0.15, 0.2) is 36.5 Å². The molecule has 1 amide bonds. The number of para-hydroxylation sites is 1.